The van der Waals surface area contributed by atoms with Gasteiger partial charge in [-0.2, -0.15) is 0 Å². The Bertz CT molecular complexity index is 445. The third kappa shape index (κ3) is 2.38. The highest BCUT2D eigenvalue weighted by Gasteiger charge is 2.36. The fraction of sp³-hybridized carbons (Fsp3) is 0.727. The Morgan fingerprint density at radius 1 is 1.33 bits per heavy atom. The minimum Gasteiger partial charge on any atom is -0.388 e. The summed E-state index contributed by atoms with van der Waals surface area (Å²) in [5.74, 6) is -0.217. The van der Waals surface area contributed by atoms with Gasteiger partial charge >= 0.3 is 0 Å². The lowest BCUT2D eigenvalue weighted by Gasteiger charge is -2.19. The van der Waals surface area contributed by atoms with Crippen molar-refractivity contribution in [2.75, 3.05) is 13.1 Å². The van der Waals surface area contributed by atoms with Gasteiger partial charge in [0.25, 0.3) is 5.91 Å². The van der Waals surface area contributed by atoms with Crippen LogP contribution in [0.5, 0.6) is 0 Å². The Balaban J connectivity index is 2.23. The van der Waals surface area contributed by atoms with E-state index >= 15 is 0 Å². The molecule has 0 aliphatic carbocycles. The highest BCUT2D eigenvalue weighted by molar-refractivity contribution is 7.08. The molecule has 18 heavy (non-hydrogen) atoms. The number of β-amino-alcohol motifs (C(OH)–C–C–N with tert-alkyl or cyclic N) is 2. The van der Waals surface area contributed by atoms with Gasteiger partial charge in [-0.05, 0) is 11.5 Å². The van der Waals surface area contributed by atoms with Gasteiger partial charge in [0, 0.05) is 18.5 Å². The van der Waals surface area contributed by atoms with E-state index in [1.54, 1.807) is 0 Å². The Kier molecular flexibility index (Phi) is 3.39. The number of hydrogen-bond donors (Lipinski definition) is 2. The molecule has 0 spiro atoms. The lowest BCUT2D eigenvalue weighted by atomic mass is 9.91. The van der Waals surface area contributed by atoms with Crippen LogP contribution < -0.4 is 0 Å². The number of carbonyl (C=O) groups excluding carboxylic acids is 1. The Hall–Kier alpha value is -1.05. The second-order valence-electron chi connectivity index (χ2n) is 5.55. The summed E-state index contributed by atoms with van der Waals surface area (Å²) in [5, 5.41) is 23.0. The zero-order valence-corrected chi connectivity index (χ0v) is 11.4. The molecular formula is C11H17N3O3S. The first-order chi connectivity index (χ1) is 8.30. The van der Waals surface area contributed by atoms with Gasteiger partial charge in [0.15, 0.2) is 0 Å². The van der Waals surface area contributed by atoms with Crippen LogP contribution in [0, 0.1) is 0 Å². The summed E-state index contributed by atoms with van der Waals surface area (Å²) in [6.07, 6.45) is -1.74. The molecule has 1 aliphatic rings. The van der Waals surface area contributed by atoms with Crippen LogP contribution in [0.15, 0.2) is 0 Å². The van der Waals surface area contributed by atoms with Crippen molar-refractivity contribution in [3.63, 3.8) is 0 Å². The number of carbonyl (C=O) groups is 1. The maximum absolute atomic E-state index is 12.3. The van der Waals surface area contributed by atoms with Crippen LogP contribution in [0.4, 0.5) is 0 Å². The van der Waals surface area contributed by atoms with Crippen molar-refractivity contribution in [1.29, 1.82) is 0 Å². The van der Waals surface area contributed by atoms with Crippen LogP contribution >= 0.6 is 11.5 Å². The van der Waals surface area contributed by atoms with Gasteiger partial charge in [-0.15, -0.1) is 5.10 Å². The quantitative estimate of drug-likeness (QED) is 0.751. The number of rotatable bonds is 1. The summed E-state index contributed by atoms with van der Waals surface area (Å²) in [6.45, 7) is 6.21. The summed E-state index contributed by atoms with van der Waals surface area (Å²) in [4.78, 5) is 14.2. The van der Waals surface area contributed by atoms with E-state index in [2.05, 4.69) is 9.59 Å². The molecule has 6 nitrogen and oxygen atoms in total. The first-order valence-corrected chi connectivity index (χ1v) is 6.56. The molecule has 1 aromatic rings. The van der Waals surface area contributed by atoms with E-state index in [1.807, 2.05) is 20.8 Å². The summed E-state index contributed by atoms with van der Waals surface area (Å²) in [6, 6.07) is 0. The smallest absolute Gasteiger partial charge is 0.267 e. The molecule has 7 heteroatoms. The van der Waals surface area contributed by atoms with Crippen molar-refractivity contribution >= 4 is 17.4 Å². The van der Waals surface area contributed by atoms with E-state index < -0.39 is 12.2 Å². The molecule has 0 aromatic carbocycles. The molecule has 2 unspecified atom stereocenters. The molecule has 1 saturated heterocycles. The largest absolute Gasteiger partial charge is 0.388 e. The standard InChI is InChI=1S/C11H17N3O3S/c1-11(2,3)9-8(18-13-12-9)10(17)14-4-6(15)7(16)5-14/h6-7,15-16H,4-5H2,1-3H3. The second-order valence-corrected chi connectivity index (χ2v) is 6.30. The lowest BCUT2D eigenvalue weighted by molar-refractivity contribution is 0.0572. The van der Waals surface area contributed by atoms with Crippen molar-refractivity contribution in [3.05, 3.63) is 10.6 Å². The Morgan fingerprint density at radius 2 is 1.89 bits per heavy atom. The van der Waals surface area contributed by atoms with Crippen LogP contribution in [0.2, 0.25) is 0 Å². The monoisotopic (exact) mass is 271 g/mol. The summed E-state index contributed by atoms with van der Waals surface area (Å²) < 4.78 is 3.84. The van der Waals surface area contributed by atoms with Gasteiger partial charge in [-0.3, -0.25) is 4.79 Å². The molecule has 0 saturated carbocycles. The van der Waals surface area contributed by atoms with Crippen LogP contribution in [-0.4, -0.2) is 55.9 Å². The van der Waals surface area contributed by atoms with E-state index in [-0.39, 0.29) is 24.4 Å². The van der Waals surface area contributed by atoms with Gasteiger partial charge in [-0.1, -0.05) is 25.3 Å². The molecule has 100 valence electrons. The average molecular weight is 271 g/mol. The Morgan fingerprint density at radius 3 is 2.39 bits per heavy atom. The Labute approximate surface area is 109 Å². The summed E-state index contributed by atoms with van der Waals surface area (Å²) >= 11 is 1.06. The van der Waals surface area contributed by atoms with E-state index in [0.717, 1.165) is 11.5 Å². The molecule has 2 N–H and O–H groups in total. The minimum atomic E-state index is -0.868. The summed E-state index contributed by atoms with van der Waals surface area (Å²) in [7, 11) is 0. The van der Waals surface area contributed by atoms with Crippen LogP contribution in [0.3, 0.4) is 0 Å². The number of likely N-dealkylation sites (tertiary alicyclic amines) is 1. The highest BCUT2D eigenvalue weighted by atomic mass is 32.1. The minimum absolute atomic E-state index is 0.154. The predicted octanol–water partition coefficient (Wildman–Crippen LogP) is 0.0132. The first-order valence-electron chi connectivity index (χ1n) is 5.79. The lowest BCUT2D eigenvalue weighted by Crippen LogP contribution is -2.31. The van der Waals surface area contributed by atoms with Crippen LogP contribution in [0.1, 0.15) is 36.1 Å². The molecule has 1 fully saturated rings. The van der Waals surface area contributed by atoms with Crippen molar-refractivity contribution in [3.8, 4) is 0 Å². The maximum Gasteiger partial charge on any atom is 0.267 e. The van der Waals surface area contributed by atoms with E-state index in [9.17, 15) is 15.0 Å². The third-order valence-corrected chi connectivity index (χ3v) is 3.65. The van der Waals surface area contributed by atoms with Crippen molar-refractivity contribution in [1.82, 2.24) is 14.5 Å². The molecule has 2 rings (SSSR count). The molecule has 1 aliphatic heterocycles. The van der Waals surface area contributed by atoms with E-state index in [1.165, 1.54) is 4.90 Å². The number of aliphatic hydroxyl groups is 2. The molecule has 2 atom stereocenters. The summed E-state index contributed by atoms with van der Waals surface area (Å²) in [5.41, 5.74) is 0.406. The number of aliphatic hydroxyl groups excluding tert-OH is 2. The van der Waals surface area contributed by atoms with Gasteiger partial charge in [0.1, 0.15) is 4.88 Å². The SMILES string of the molecule is CC(C)(C)c1nnsc1C(=O)N1CC(O)C(O)C1. The van der Waals surface area contributed by atoms with Crippen molar-refractivity contribution < 1.29 is 15.0 Å². The number of aromatic nitrogens is 2. The molecule has 1 aromatic heterocycles. The van der Waals surface area contributed by atoms with Gasteiger partial charge in [0.2, 0.25) is 0 Å². The molecule has 0 radical (unpaired) electrons. The van der Waals surface area contributed by atoms with Gasteiger partial charge in [-0.25, -0.2) is 0 Å². The number of nitrogens with zero attached hydrogens (tertiary/aromatic N) is 3. The molecule has 0 bridgehead atoms. The average Bonchev–Trinajstić information content (AvgIpc) is 2.84. The molecule has 1 amide bonds. The molecular weight excluding hydrogens is 254 g/mol. The van der Waals surface area contributed by atoms with E-state index in [4.69, 9.17) is 0 Å². The maximum atomic E-state index is 12.3. The van der Waals surface area contributed by atoms with Crippen LogP contribution in [-0.2, 0) is 5.41 Å². The van der Waals surface area contributed by atoms with Gasteiger partial charge in [0.05, 0.1) is 17.9 Å². The van der Waals surface area contributed by atoms with Gasteiger partial charge < -0.3 is 15.1 Å². The fourth-order valence-corrected chi connectivity index (χ4v) is 2.75. The van der Waals surface area contributed by atoms with Crippen molar-refractivity contribution in [2.45, 2.75) is 38.4 Å². The zero-order chi connectivity index (χ0) is 13.5. The van der Waals surface area contributed by atoms with Crippen molar-refractivity contribution in [2.24, 2.45) is 0 Å². The molecule has 2 heterocycles. The number of amides is 1. The second kappa shape index (κ2) is 4.56. The zero-order valence-electron chi connectivity index (χ0n) is 10.6. The predicted molar refractivity (Wildman–Crippen MR) is 66.5 cm³/mol. The van der Waals surface area contributed by atoms with Crippen LogP contribution in [0.25, 0.3) is 0 Å². The normalized spacial score (nSPS) is 24.6. The fourth-order valence-electron chi connectivity index (χ4n) is 1.90. The van der Waals surface area contributed by atoms with E-state index in [0.29, 0.717) is 10.6 Å². The third-order valence-electron chi connectivity index (χ3n) is 2.94. The number of hydrogen-bond acceptors (Lipinski definition) is 6. The topological polar surface area (TPSA) is 86.6 Å². The highest BCUT2D eigenvalue weighted by Crippen LogP contribution is 2.27. The first kappa shape index (κ1) is 13.4.